The lowest BCUT2D eigenvalue weighted by Crippen LogP contribution is -1.91. The first-order chi connectivity index (χ1) is 7.33. The maximum absolute atomic E-state index is 5.72. The van der Waals surface area contributed by atoms with E-state index in [9.17, 15) is 0 Å². The van der Waals surface area contributed by atoms with Crippen LogP contribution in [0.3, 0.4) is 0 Å². The average molecular weight is 219 g/mol. The lowest BCUT2D eigenvalue weighted by Gasteiger charge is -2.08. The molecule has 0 bridgehead atoms. The van der Waals surface area contributed by atoms with Gasteiger partial charge < -0.3 is 0 Å². The number of alkyl halides is 1. The largest absolute Gasteiger partial charge is 0.127 e. The monoisotopic (exact) mass is 218 g/mol. The molecule has 78 valence electrons. The molecule has 0 N–H and O–H groups in total. The van der Waals surface area contributed by atoms with Crippen LogP contribution in [0.25, 0.3) is 10.8 Å². The predicted molar refractivity (Wildman–Crippen MR) is 67.7 cm³/mol. The molecule has 0 atom stereocenters. The molecule has 0 aromatic heterocycles. The van der Waals surface area contributed by atoms with Crippen LogP contribution < -0.4 is 0 Å². The second-order valence-corrected chi connectivity index (χ2v) is 4.24. The molecule has 0 saturated heterocycles. The van der Waals surface area contributed by atoms with Gasteiger partial charge in [0.15, 0.2) is 0 Å². The number of aryl methyl sites for hydroxylation is 2. The fourth-order valence-electron chi connectivity index (χ4n) is 2.00. The first-order valence-electron chi connectivity index (χ1n) is 5.36. The molecule has 0 amide bonds. The topological polar surface area (TPSA) is 0 Å². The Morgan fingerprint density at radius 1 is 1.07 bits per heavy atom. The van der Waals surface area contributed by atoms with Gasteiger partial charge in [0.2, 0.25) is 0 Å². The minimum atomic E-state index is 0.742. The molecule has 0 saturated carbocycles. The summed E-state index contributed by atoms with van der Waals surface area (Å²) in [6, 6.07) is 13.0. The predicted octanol–water partition coefficient (Wildman–Crippen LogP) is 4.32. The van der Waals surface area contributed by atoms with Crippen molar-refractivity contribution in [2.75, 3.05) is 5.88 Å². The van der Waals surface area contributed by atoms with E-state index in [4.69, 9.17) is 11.6 Å². The van der Waals surface area contributed by atoms with E-state index in [-0.39, 0.29) is 0 Å². The lowest BCUT2D eigenvalue weighted by molar-refractivity contribution is 0.922. The summed E-state index contributed by atoms with van der Waals surface area (Å²) in [6.07, 6.45) is 2.14. The Kier molecular flexibility index (Phi) is 3.27. The molecule has 2 rings (SSSR count). The third kappa shape index (κ3) is 2.15. The third-order valence-corrected chi connectivity index (χ3v) is 3.16. The summed E-state index contributed by atoms with van der Waals surface area (Å²) in [4.78, 5) is 0. The molecule has 0 fully saturated rings. The van der Waals surface area contributed by atoms with Crippen molar-refractivity contribution in [2.45, 2.75) is 19.8 Å². The average Bonchev–Trinajstić information content (AvgIpc) is 2.29. The Labute approximate surface area is 95.9 Å². The quantitative estimate of drug-likeness (QED) is 0.674. The van der Waals surface area contributed by atoms with Gasteiger partial charge in [-0.2, -0.15) is 0 Å². The summed E-state index contributed by atoms with van der Waals surface area (Å²) >= 11 is 5.72. The van der Waals surface area contributed by atoms with Crippen molar-refractivity contribution in [3.05, 3.63) is 47.5 Å². The van der Waals surface area contributed by atoms with Crippen molar-refractivity contribution in [2.24, 2.45) is 0 Å². The van der Waals surface area contributed by atoms with Gasteiger partial charge in [0, 0.05) is 5.88 Å². The molecule has 0 aliphatic rings. The number of hydrogen-bond donors (Lipinski definition) is 0. The lowest BCUT2D eigenvalue weighted by atomic mass is 9.97. The SMILES string of the molecule is Cc1c(CCCCl)ccc2ccccc12. The van der Waals surface area contributed by atoms with E-state index in [2.05, 4.69) is 43.3 Å². The molecule has 0 radical (unpaired) electrons. The minimum Gasteiger partial charge on any atom is -0.127 e. The van der Waals surface area contributed by atoms with Crippen molar-refractivity contribution < 1.29 is 0 Å². The molecule has 0 spiro atoms. The van der Waals surface area contributed by atoms with E-state index < -0.39 is 0 Å². The van der Waals surface area contributed by atoms with E-state index >= 15 is 0 Å². The fourth-order valence-corrected chi connectivity index (χ4v) is 2.13. The molecule has 0 unspecified atom stereocenters. The number of rotatable bonds is 3. The normalized spacial score (nSPS) is 10.8. The van der Waals surface area contributed by atoms with Gasteiger partial charge in [0.1, 0.15) is 0 Å². The zero-order valence-corrected chi connectivity index (χ0v) is 9.72. The van der Waals surface area contributed by atoms with Crippen LogP contribution in [-0.2, 0) is 6.42 Å². The summed E-state index contributed by atoms with van der Waals surface area (Å²) < 4.78 is 0. The van der Waals surface area contributed by atoms with Gasteiger partial charge in [-0.3, -0.25) is 0 Å². The highest BCUT2D eigenvalue weighted by atomic mass is 35.5. The molecule has 0 aliphatic carbocycles. The number of fused-ring (bicyclic) bond motifs is 1. The molecular formula is C14H15Cl. The van der Waals surface area contributed by atoms with E-state index in [1.165, 1.54) is 21.9 Å². The summed E-state index contributed by atoms with van der Waals surface area (Å²) in [5.41, 5.74) is 2.83. The minimum absolute atomic E-state index is 0.742. The van der Waals surface area contributed by atoms with Crippen LogP contribution in [0.1, 0.15) is 17.5 Å². The Hall–Kier alpha value is -1.01. The van der Waals surface area contributed by atoms with Gasteiger partial charge in [0.05, 0.1) is 0 Å². The van der Waals surface area contributed by atoms with E-state index in [1.807, 2.05) is 0 Å². The zero-order valence-electron chi connectivity index (χ0n) is 8.96. The van der Waals surface area contributed by atoms with Gasteiger partial charge in [-0.05, 0) is 41.7 Å². The van der Waals surface area contributed by atoms with Crippen LogP contribution in [0.15, 0.2) is 36.4 Å². The molecule has 0 aliphatic heterocycles. The molecule has 15 heavy (non-hydrogen) atoms. The summed E-state index contributed by atoms with van der Waals surface area (Å²) in [5.74, 6) is 0.742. The van der Waals surface area contributed by atoms with Gasteiger partial charge in [0.25, 0.3) is 0 Å². The Morgan fingerprint density at radius 3 is 2.67 bits per heavy atom. The maximum Gasteiger partial charge on any atom is 0.0226 e. The molecule has 0 nitrogen and oxygen atoms in total. The highest BCUT2D eigenvalue weighted by Gasteiger charge is 2.02. The Bertz CT molecular complexity index is 460. The summed E-state index contributed by atoms with van der Waals surface area (Å²) in [7, 11) is 0. The number of benzene rings is 2. The number of hydrogen-bond acceptors (Lipinski definition) is 0. The van der Waals surface area contributed by atoms with Crippen molar-refractivity contribution in [1.29, 1.82) is 0 Å². The molecule has 0 heterocycles. The van der Waals surface area contributed by atoms with Crippen LogP contribution in [0.4, 0.5) is 0 Å². The van der Waals surface area contributed by atoms with E-state index in [1.54, 1.807) is 0 Å². The first-order valence-corrected chi connectivity index (χ1v) is 5.89. The Morgan fingerprint density at radius 2 is 1.87 bits per heavy atom. The van der Waals surface area contributed by atoms with Crippen molar-refractivity contribution in [1.82, 2.24) is 0 Å². The van der Waals surface area contributed by atoms with Crippen molar-refractivity contribution in [3.8, 4) is 0 Å². The molecule has 1 heteroatoms. The summed E-state index contributed by atoms with van der Waals surface area (Å²) in [5, 5.41) is 2.69. The Balaban J connectivity index is 2.45. The smallest absolute Gasteiger partial charge is 0.0226 e. The second kappa shape index (κ2) is 4.67. The van der Waals surface area contributed by atoms with E-state index in [0.717, 1.165) is 18.7 Å². The van der Waals surface area contributed by atoms with Crippen LogP contribution in [-0.4, -0.2) is 5.88 Å². The molecule has 2 aromatic rings. The van der Waals surface area contributed by atoms with Crippen molar-refractivity contribution >= 4 is 22.4 Å². The van der Waals surface area contributed by atoms with Gasteiger partial charge in [-0.1, -0.05) is 36.4 Å². The number of halogens is 1. The third-order valence-electron chi connectivity index (χ3n) is 2.89. The zero-order chi connectivity index (χ0) is 10.7. The fraction of sp³-hybridized carbons (Fsp3) is 0.286. The molecule has 2 aromatic carbocycles. The highest BCUT2D eigenvalue weighted by Crippen LogP contribution is 2.22. The van der Waals surface area contributed by atoms with Crippen LogP contribution in [0, 0.1) is 6.92 Å². The first kappa shape index (κ1) is 10.5. The highest BCUT2D eigenvalue weighted by molar-refractivity contribution is 6.17. The second-order valence-electron chi connectivity index (χ2n) is 3.86. The standard InChI is InChI=1S/C14H15Cl/c1-11-12(6-4-10-15)8-9-13-5-2-3-7-14(11)13/h2-3,5,7-9H,4,6,10H2,1H3. The van der Waals surface area contributed by atoms with Gasteiger partial charge in [-0.25, -0.2) is 0 Å². The van der Waals surface area contributed by atoms with E-state index in [0.29, 0.717) is 0 Å². The summed E-state index contributed by atoms with van der Waals surface area (Å²) in [6.45, 7) is 2.20. The van der Waals surface area contributed by atoms with Crippen molar-refractivity contribution in [3.63, 3.8) is 0 Å². The van der Waals surface area contributed by atoms with Crippen LogP contribution >= 0.6 is 11.6 Å². The van der Waals surface area contributed by atoms with Crippen LogP contribution in [0.5, 0.6) is 0 Å². The maximum atomic E-state index is 5.72. The molecular weight excluding hydrogens is 204 g/mol. The van der Waals surface area contributed by atoms with Gasteiger partial charge in [-0.15, -0.1) is 11.6 Å². The van der Waals surface area contributed by atoms with Crippen LogP contribution in [0.2, 0.25) is 0 Å². The van der Waals surface area contributed by atoms with Gasteiger partial charge >= 0.3 is 0 Å².